The highest BCUT2D eigenvalue weighted by atomic mass is 79.9. The molecule has 0 aliphatic rings. The SMILES string of the molecule is CCOc1cc(Br)c(CNC(C)CC)cc1OC. The largest absolute Gasteiger partial charge is 0.493 e. The molecule has 1 N–H and O–H groups in total. The van der Waals surface area contributed by atoms with E-state index in [9.17, 15) is 0 Å². The van der Waals surface area contributed by atoms with E-state index < -0.39 is 0 Å². The maximum atomic E-state index is 5.54. The number of hydrogen-bond donors (Lipinski definition) is 1. The first kappa shape index (κ1) is 15.3. The molecule has 1 aromatic rings. The van der Waals surface area contributed by atoms with E-state index in [1.165, 1.54) is 5.56 Å². The highest BCUT2D eigenvalue weighted by molar-refractivity contribution is 9.10. The summed E-state index contributed by atoms with van der Waals surface area (Å²) in [6, 6.07) is 4.50. The summed E-state index contributed by atoms with van der Waals surface area (Å²) < 4.78 is 11.9. The van der Waals surface area contributed by atoms with Gasteiger partial charge in [0.25, 0.3) is 0 Å². The second-order valence-corrected chi connectivity index (χ2v) is 5.07. The van der Waals surface area contributed by atoms with Crippen molar-refractivity contribution in [3.05, 3.63) is 22.2 Å². The minimum atomic E-state index is 0.509. The summed E-state index contributed by atoms with van der Waals surface area (Å²) in [6.07, 6.45) is 1.12. The number of nitrogens with one attached hydrogen (secondary N) is 1. The van der Waals surface area contributed by atoms with Crippen molar-refractivity contribution in [3.63, 3.8) is 0 Å². The molecule has 0 saturated carbocycles. The van der Waals surface area contributed by atoms with Crippen LogP contribution in [0.15, 0.2) is 16.6 Å². The van der Waals surface area contributed by atoms with Crippen molar-refractivity contribution >= 4 is 15.9 Å². The first-order valence-corrected chi connectivity index (χ1v) is 7.14. The molecule has 0 saturated heterocycles. The summed E-state index contributed by atoms with van der Waals surface area (Å²) in [6.45, 7) is 7.77. The Morgan fingerprint density at radius 2 is 2.00 bits per heavy atom. The van der Waals surface area contributed by atoms with Crippen molar-refractivity contribution in [1.82, 2.24) is 5.32 Å². The Hall–Kier alpha value is -0.740. The molecular formula is C14H22BrNO2. The van der Waals surface area contributed by atoms with Crippen LogP contribution in [0.2, 0.25) is 0 Å². The second kappa shape index (κ2) is 7.64. The smallest absolute Gasteiger partial charge is 0.162 e. The molecule has 1 atom stereocenters. The molecule has 0 amide bonds. The number of hydrogen-bond acceptors (Lipinski definition) is 3. The minimum absolute atomic E-state index is 0.509. The summed E-state index contributed by atoms with van der Waals surface area (Å²) in [5.74, 6) is 1.56. The predicted octanol–water partition coefficient (Wildman–Crippen LogP) is 3.74. The fraction of sp³-hybridized carbons (Fsp3) is 0.571. The van der Waals surface area contributed by atoms with Crippen LogP contribution >= 0.6 is 15.9 Å². The van der Waals surface area contributed by atoms with E-state index in [0.717, 1.165) is 28.9 Å². The normalized spacial score (nSPS) is 12.3. The number of rotatable bonds is 7. The zero-order valence-electron chi connectivity index (χ0n) is 11.5. The van der Waals surface area contributed by atoms with E-state index in [4.69, 9.17) is 9.47 Å². The van der Waals surface area contributed by atoms with Gasteiger partial charge in [-0.15, -0.1) is 0 Å². The maximum Gasteiger partial charge on any atom is 0.162 e. The first-order chi connectivity index (χ1) is 8.62. The number of ether oxygens (including phenoxy) is 2. The van der Waals surface area contributed by atoms with Crippen molar-refractivity contribution in [2.24, 2.45) is 0 Å². The topological polar surface area (TPSA) is 30.5 Å². The molecule has 0 radical (unpaired) electrons. The van der Waals surface area contributed by atoms with Gasteiger partial charge in [0.05, 0.1) is 13.7 Å². The Labute approximate surface area is 118 Å². The lowest BCUT2D eigenvalue weighted by Gasteiger charge is -2.15. The molecule has 4 heteroatoms. The third-order valence-corrected chi connectivity index (χ3v) is 3.62. The lowest BCUT2D eigenvalue weighted by atomic mass is 10.1. The summed E-state index contributed by atoms with van der Waals surface area (Å²) in [5, 5.41) is 3.47. The monoisotopic (exact) mass is 315 g/mol. The first-order valence-electron chi connectivity index (χ1n) is 6.34. The molecule has 3 nitrogen and oxygen atoms in total. The van der Waals surface area contributed by atoms with Crippen LogP contribution in [0, 0.1) is 0 Å². The quantitative estimate of drug-likeness (QED) is 0.831. The number of benzene rings is 1. The van der Waals surface area contributed by atoms with Gasteiger partial charge in [-0.05, 0) is 38.0 Å². The van der Waals surface area contributed by atoms with Crippen LogP contribution in [-0.2, 0) is 6.54 Å². The van der Waals surface area contributed by atoms with Crippen molar-refractivity contribution in [2.75, 3.05) is 13.7 Å². The molecule has 0 aliphatic carbocycles. The van der Waals surface area contributed by atoms with E-state index >= 15 is 0 Å². The molecule has 1 unspecified atom stereocenters. The van der Waals surface area contributed by atoms with Gasteiger partial charge < -0.3 is 14.8 Å². The standard InChI is InChI=1S/C14H22BrNO2/c1-5-10(3)16-9-11-7-13(17-4)14(18-6-2)8-12(11)15/h7-8,10,16H,5-6,9H2,1-4H3. The molecule has 0 aliphatic heterocycles. The van der Waals surface area contributed by atoms with E-state index in [1.54, 1.807) is 7.11 Å². The average molecular weight is 316 g/mol. The molecule has 1 rings (SSSR count). The summed E-state index contributed by atoms with van der Waals surface area (Å²) in [5.41, 5.74) is 1.18. The van der Waals surface area contributed by atoms with Gasteiger partial charge >= 0.3 is 0 Å². The Morgan fingerprint density at radius 3 is 2.56 bits per heavy atom. The van der Waals surface area contributed by atoms with E-state index in [-0.39, 0.29) is 0 Å². The van der Waals surface area contributed by atoms with Crippen molar-refractivity contribution in [1.29, 1.82) is 0 Å². The van der Waals surface area contributed by atoms with Gasteiger partial charge in [-0.3, -0.25) is 0 Å². The van der Waals surface area contributed by atoms with E-state index in [2.05, 4.69) is 35.1 Å². The van der Waals surface area contributed by atoms with Crippen LogP contribution in [0.5, 0.6) is 11.5 Å². The van der Waals surface area contributed by atoms with Gasteiger partial charge in [-0.1, -0.05) is 22.9 Å². The second-order valence-electron chi connectivity index (χ2n) is 4.22. The zero-order chi connectivity index (χ0) is 13.5. The molecular weight excluding hydrogens is 294 g/mol. The van der Waals surface area contributed by atoms with Crippen LogP contribution in [0.25, 0.3) is 0 Å². The Morgan fingerprint density at radius 1 is 1.28 bits per heavy atom. The van der Waals surface area contributed by atoms with Crippen molar-refractivity contribution in [2.45, 2.75) is 39.8 Å². The lowest BCUT2D eigenvalue weighted by molar-refractivity contribution is 0.310. The fourth-order valence-corrected chi connectivity index (χ4v) is 2.03. The third-order valence-electron chi connectivity index (χ3n) is 2.89. The highest BCUT2D eigenvalue weighted by Gasteiger charge is 2.10. The zero-order valence-corrected chi connectivity index (χ0v) is 13.1. The van der Waals surface area contributed by atoms with Crippen LogP contribution in [0.3, 0.4) is 0 Å². The highest BCUT2D eigenvalue weighted by Crippen LogP contribution is 2.33. The molecule has 0 fully saturated rings. The van der Waals surface area contributed by atoms with Gasteiger partial charge in [-0.2, -0.15) is 0 Å². The summed E-state index contributed by atoms with van der Waals surface area (Å²) in [7, 11) is 1.66. The van der Waals surface area contributed by atoms with Crippen LogP contribution < -0.4 is 14.8 Å². The van der Waals surface area contributed by atoms with Gasteiger partial charge in [0, 0.05) is 17.1 Å². The molecule has 0 heterocycles. The predicted molar refractivity (Wildman–Crippen MR) is 78.5 cm³/mol. The van der Waals surface area contributed by atoms with Gasteiger partial charge in [-0.25, -0.2) is 0 Å². The summed E-state index contributed by atoms with van der Waals surface area (Å²) in [4.78, 5) is 0. The number of methoxy groups -OCH3 is 1. The molecule has 0 spiro atoms. The molecule has 102 valence electrons. The summed E-state index contributed by atoms with van der Waals surface area (Å²) >= 11 is 3.58. The molecule has 1 aromatic carbocycles. The Bertz CT molecular complexity index is 382. The van der Waals surface area contributed by atoms with Crippen LogP contribution in [-0.4, -0.2) is 19.8 Å². The molecule has 0 bridgehead atoms. The van der Waals surface area contributed by atoms with Gasteiger partial charge in [0.2, 0.25) is 0 Å². The maximum absolute atomic E-state index is 5.54. The van der Waals surface area contributed by atoms with Crippen molar-refractivity contribution in [3.8, 4) is 11.5 Å². The third kappa shape index (κ3) is 4.18. The van der Waals surface area contributed by atoms with Gasteiger partial charge in [0.15, 0.2) is 11.5 Å². The molecule has 18 heavy (non-hydrogen) atoms. The Balaban J connectivity index is 2.86. The number of halogens is 1. The van der Waals surface area contributed by atoms with E-state index in [0.29, 0.717) is 12.6 Å². The fourth-order valence-electron chi connectivity index (χ4n) is 1.57. The van der Waals surface area contributed by atoms with Crippen LogP contribution in [0.1, 0.15) is 32.8 Å². The van der Waals surface area contributed by atoms with E-state index in [1.807, 2.05) is 19.1 Å². The van der Waals surface area contributed by atoms with Crippen LogP contribution in [0.4, 0.5) is 0 Å². The average Bonchev–Trinajstić information content (AvgIpc) is 2.37. The minimum Gasteiger partial charge on any atom is -0.493 e. The lowest BCUT2D eigenvalue weighted by Crippen LogP contribution is -2.24. The Kier molecular flexibility index (Phi) is 6.50. The van der Waals surface area contributed by atoms with Gasteiger partial charge in [0.1, 0.15) is 0 Å². The van der Waals surface area contributed by atoms with Crippen molar-refractivity contribution < 1.29 is 9.47 Å². The molecule has 0 aromatic heterocycles.